The van der Waals surface area contributed by atoms with Crippen LogP contribution in [0.25, 0.3) is 0 Å². The van der Waals surface area contributed by atoms with E-state index in [-0.39, 0.29) is 5.82 Å². The number of halogens is 1. The Bertz CT molecular complexity index is 437. The Morgan fingerprint density at radius 3 is 2.57 bits per heavy atom. The lowest BCUT2D eigenvalue weighted by molar-refractivity contribution is 0.392. The molecule has 21 heavy (non-hydrogen) atoms. The molecule has 1 saturated heterocycles. The van der Waals surface area contributed by atoms with Gasteiger partial charge in [0.05, 0.1) is 5.69 Å². The van der Waals surface area contributed by atoms with Crippen molar-refractivity contribution in [3.05, 3.63) is 29.6 Å². The largest absolute Gasteiger partial charge is 0.369 e. The fourth-order valence-corrected chi connectivity index (χ4v) is 3.00. The van der Waals surface area contributed by atoms with Crippen LogP contribution in [-0.2, 0) is 6.54 Å². The van der Waals surface area contributed by atoms with E-state index in [4.69, 9.17) is 0 Å². The number of hydrogen-bond acceptors (Lipinski definition) is 2. The lowest BCUT2D eigenvalue weighted by Crippen LogP contribution is -2.34. The van der Waals surface area contributed by atoms with Crippen LogP contribution in [0.15, 0.2) is 18.2 Å². The van der Waals surface area contributed by atoms with Gasteiger partial charge in [0.1, 0.15) is 5.82 Å². The monoisotopic (exact) mass is 292 g/mol. The number of benzene rings is 1. The van der Waals surface area contributed by atoms with Crippen molar-refractivity contribution in [2.24, 2.45) is 11.8 Å². The predicted molar refractivity (Wildman–Crippen MR) is 88.2 cm³/mol. The minimum atomic E-state index is -0.0752. The highest BCUT2D eigenvalue weighted by atomic mass is 19.1. The summed E-state index contributed by atoms with van der Waals surface area (Å²) in [4.78, 5) is 2.20. The summed E-state index contributed by atoms with van der Waals surface area (Å²) in [5, 5.41) is 3.36. The van der Waals surface area contributed by atoms with E-state index in [2.05, 4.69) is 37.1 Å². The second-order valence-corrected chi connectivity index (χ2v) is 6.65. The first-order valence-corrected chi connectivity index (χ1v) is 8.34. The molecule has 1 aliphatic heterocycles. The van der Waals surface area contributed by atoms with Crippen molar-refractivity contribution >= 4 is 5.69 Å². The first-order chi connectivity index (χ1) is 10.1. The Morgan fingerprint density at radius 1 is 1.29 bits per heavy atom. The normalized spacial score (nSPS) is 16.7. The smallest absolute Gasteiger partial charge is 0.146 e. The maximum Gasteiger partial charge on any atom is 0.146 e. The molecule has 1 aromatic carbocycles. The van der Waals surface area contributed by atoms with Crippen molar-refractivity contribution in [2.45, 2.75) is 46.6 Å². The zero-order chi connectivity index (χ0) is 15.2. The summed E-state index contributed by atoms with van der Waals surface area (Å²) < 4.78 is 14.3. The summed E-state index contributed by atoms with van der Waals surface area (Å²) in [6.45, 7) is 10.3. The molecular weight excluding hydrogens is 263 g/mol. The molecule has 2 rings (SSSR count). The van der Waals surface area contributed by atoms with Crippen molar-refractivity contribution in [3.63, 3.8) is 0 Å². The van der Waals surface area contributed by atoms with Crippen LogP contribution >= 0.6 is 0 Å². The minimum absolute atomic E-state index is 0.0752. The van der Waals surface area contributed by atoms with Crippen LogP contribution in [0.1, 0.15) is 45.6 Å². The molecule has 0 amide bonds. The van der Waals surface area contributed by atoms with E-state index in [1.807, 2.05) is 6.07 Å². The number of anilines is 1. The molecule has 1 aromatic rings. The maximum atomic E-state index is 14.3. The van der Waals surface area contributed by atoms with Crippen LogP contribution in [0.5, 0.6) is 0 Å². The van der Waals surface area contributed by atoms with E-state index in [9.17, 15) is 4.39 Å². The van der Waals surface area contributed by atoms with Gasteiger partial charge in [-0.25, -0.2) is 4.39 Å². The number of nitrogens with zero attached hydrogens (tertiary/aromatic N) is 1. The molecule has 0 aliphatic carbocycles. The van der Waals surface area contributed by atoms with Gasteiger partial charge in [-0.05, 0) is 48.9 Å². The molecule has 0 spiro atoms. The van der Waals surface area contributed by atoms with Gasteiger partial charge < -0.3 is 10.2 Å². The second-order valence-electron chi connectivity index (χ2n) is 6.65. The number of hydrogen-bond donors (Lipinski definition) is 1. The minimum Gasteiger partial charge on any atom is -0.369 e. The fourth-order valence-electron chi connectivity index (χ4n) is 3.00. The Kier molecular flexibility index (Phi) is 6.04. The van der Waals surface area contributed by atoms with Gasteiger partial charge in [0.2, 0.25) is 0 Å². The molecule has 0 aromatic heterocycles. The zero-order valence-corrected chi connectivity index (χ0v) is 13.7. The summed E-state index contributed by atoms with van der Waals surface area (Å²) in [5.41, 5.74) is 1.80. The molecule has 2 nitrogen and oxygen atoms in total. The third-order valence-corrected chi connectivity index (χ3v) is 4.43. The van der Waals surface area contributed by atoms with Crippen molar-refractivity contribution < 1.29 is 4.39 Å². The maximum absolute atomic E-state index is 14.3. The summed E-state index contributed by atoms with van der Waals surface area (Å²) >= 11 is 0. The van der Waals surface area contributed by atoms with Crippen LogP contribution in [0, 0.1) is 17.7 Å². The van der Waals surface area contributed by atoms with Gasteiger partial charge in [0, 0.05) is 19.6 Å². The summed E-state index contributed by atoms with van der Waals surface area (Å²) in [6.07, 6.45) is 3.62. The molecule has 1 fully saturated rings. The van der Waals surface area contributed by atoms with E-state index in [0.717, 1.165) is 43.3 Å². The lowest BCUT2D eigenvalue weighted by Gasteiger charge is -2.33. The van der Waals surface area contributed by atoms with Crippen molar-refractivity contribution in [1.82, 2.24) is 5.32 Å². The van der Waals surface area contributed by atoms with Crippen molar-refractivity contribution in [2.75, 3.05) is 24.5 Å². The highest BCUT2D eigenvalue weighted by Crippen LogP contribution is 2.27. The van der Waals surface area contributed by atoms with Gasteiger partial charge in [0.15, 0.2) is 0 Å². The molecular formula is C18H29FN2. The molecule has 0 radical (unpaired) electrons. The Labute approximate surface area is 128 Å². The van der Waals surface area contributed by atoms with Crippen LogP contribution in [0.3, 0.4) is 0 Å². The van der Waals surface area contributed by atoms with Crippen molar-refractivity contribution in [1.29, 1.82) is 0 Å². The third kappa shape index (κ3) is 4.70. The number of nitrogens with one attached hydrogen (secondary N) is 1. The highest BCUT2D eigenvalue weighted by molar-refractivity contribution is 5.49. The van der Waals surface area contributed by atoms with Gasteiger partial charge in [-0.3, -0.25) is 0 Å². The quantitative estimate of drug-likeness (QED) is 0.845. The molecule has 0 saturated carbocycles. The van der Waals surface area contributed by atoms with E-state index < -0.39 is 0 Å². The summed E-state index contributed by atoms with van der Waals surface area (Å²) in [7, 11) is 0. The zero-order valence-electron chi connectivity index (χ0n) is 13.7. The predicted octanol–water partition coefficient (Wildman–Crippen LogP) is 4.20. The molecule has 0 bridgehead atoms. The van der Waals surface area contributed by atoms with Gasteiger partial charge in [0.25, 0.3) is 0 Å². The van der Waals surface area contributed by atoms with E-state index in [1.165, 1.54) is 19.3 Å². The Morgan fingerprint density at radius 2 is 2.00 bits per heavy atom. The number of piperidine rings is 1. The molecule has 1 N–H and O–H groups in total. The van der Waals surface area contributed by atoms with E-state index >= 15 is 0 Å². The standard InChI is InChI=1S/C18H29FN2/c1-4-15-7-9-21(10-8-15)18-6-5-16(11-17(18)19)13-20-12-14(2)3/h5-6,11,14-15,20H,4,7-10,12-13H2,1-3H3. The summed E-state index contributed by atoms with van der Waals surface area (Å²) in [5.74, 6) is 1.37. The fraction of sp³-hybridized carbons (Fsp3) is 0.667. The molecule has 3 heteroatoms. The van der Waals surface area contributed by atoms with Crippen molar-refractivity contribution in [3.8, 4) is 0 Å². The lowest BCUT2D eigenvalue weighted by atomic mass is 9.94. The summed E-state index contributed by atoms with van der Waals surface area (Å²) in [6, 6.07) is 5.69. The Balaban J connectivity index is 1.93. The van der Waals surface area contributed by atoms with Crippen LogP contribution < -0.4 is 10.2 Å². The topological polar surface area (TPSA) is 15.3 Å². The van der Waals surface area contributed by atoms with E-state index in [1.54, 1.807) is 6.07 Å². The van der Waals surface area contributed by atoms with Crippen LogP contribution in [0.2, 0.25) is 0 Å². The highest BCUT2D eigenvalue weighted by Gasteiger charge is 2.20. The molecule has 0 atom stereocenters. The number of rotatable bonds is 6. The van der Waals surface area contributed by atoms with Gasteiger partial charge >= 0.3 is 0 Å². The van der Waals surface area contributed by atoms with Gasteiger partial charge in [-0.1, -0.05) is 33.3 Å². The molecule has 1 heterocycles. The van der Waals surface area contributed by atoms with Gasteiger partial charge in [-0.15, -0.1) is 0 Å². The first kappa shape index (κ1) is 16.3. The second kappa shape index (κ2) is 7.79. The third-order valence-electron chi connectivity index (χ3n) is 4.43. The first-order valence-electron chi connectivity index (χ1n) is 8.34. The average molecular weight is 292 g/mol. The van der Waals surface area contributed by atoms with Gasteiger partial charge in [-0.2, -0.15) is 0 Å². The SMILES string of the molecule is CCC1CCN(c2ccc(CNCC(C)C)cc2F)CC1. The molecule has 1 aliphatic rings. The average Bonchev–Trinajstić information content (AvgIpc) is 2.47. The van der Waals surface area contributed by atoms with Crippen LogP contribution in [-0.4, -0.2) is 19.6 Å². The van der Waals surface area contributed by atoms with E-state index in [0.29, 0.717) is 5.92 Å². The Hall–Kier alpha value is -1.09. The molecule has 118 valence electrons. The molecule has 0 unspecified atom stereocenters. The van der Waals surface area contributed by atoms with Crippen LogP contribution in [0.4, 0.5) is 10.1 Å².